The van der Waals surface area contributed by atoms with E-state index < -0.39 is 141 Å². The van der Waals surface area contributed by atoms with Crippen LogP contribution in [0.4, 0.5) is 0 Å². The third kappa shape index (κ3) is 39.8. The van der Waals surface area contributed by atoms with Crippen molar-refractivity contribution in [2.45, 2.75) is 261 Å². The van der Waals surface area contributed by atoms with Gasteiger partial charge in [0.25, 0.3) is 0 Å². The smallest absolute Gasteiger partial charge is 0.222 e. The van der Waals surface area contributed by atoms with Crippen LogP contribution in [0.1, 0.15) is 158 Å². The monoisotopic (exact) mass is 1490 g/mol. The summed E-state index contributed by atoms with van der Waals surface area (Å²) in [4.78, 5) is 108. The van der Waals surface area contributed by atoms with E-state index in [9.17, 15) is 89.1 Å². The van der Waals surface area contributed by atoms with Gasteiger partial charge in [-0.15, -0.1) is 0 Å². The number of aliphatic hydroxyl groups excluding tert-OH is 9. The summed E-state index contributed by atoms with van der Waals surface area (Å²) in [5.74, 6) is -2.05. The Morgan fingerprint density at radius 1 is 0.388 bits per heavy atom. The van der Waals surface area contributed by atoms with E-state index >= 15 is 0 Å². The second kappa shape index (κ2) is 52.8. The second-order valence-corrected chi connectivity index (χ2v) is 26.9. The van der Waals surface area contributed by atoms with Crippen molar-refractivity contribution in [3.63, 3.8) is 0 Å². The molecule has 3 saturated heterocycles. The highest BCUT2D eigenvalue weighted by Crippen LogP contribution is 2.26. The Hall–Kier alpha value is -5.17. The van der Waals surface area contributed by atoms with Gasteiger partial charge in [-0.2, -0.15) is 0 Å². The average molecular weight is 1490 g/mol. The zero-order valence-corrected chi connectivity index (χ0v) is 61.2. The largest absolute Gasteiger partial charge is 0.394 e. The van der Waals surface area contributed by atoms with E-state index in [4.69, 9.17) is 48.4 Å². The Morgan fingerprint density at radius 3 is 0.981 bits per heavy atom. The van der Waals surface area contributed by atoms with E-state index in [1.165, 1.54) is 27.7 Å². The number of amides is 7. The van der Waals surface area contributed by atoms with Gasteiger partial charge in [0.05, 0.1) is 65.0 Å². The fraction of sp³-hybridized carbons (Fsp3) is 0.866. The number of carbonyl (C=O) groups is 9. The van der Waals surface area contributed by atoms with Gasteiger partial charge in [-0.3, -0.25) is 43.2 Å². The first-order chi connectivity index (χ1) is 48.9. The number of unbranched alkanes of at least 4 members (excludes halogenated alkanes) is 4. The van der Waals surface area contributed by atoms with Gasteiger partial charge < -0.3 is 137 Å². The SMILES string of the molecule is CC(=O)CCOCC(COCCC(=O)NCCCNC(=O)CCCCO[C@@H]1OC(CO)[C@@H](O)C(O)[C@@H]1NC(C)=O)(COCCC(=O)NCCCNC(=O)CCCCO[C@@H]1OC(CO)[C@@H](O)C(O)[C@@H]1NC(C)=O)NC(C)(C)C.CC(=O)N[C@H]1C(O)[C@H](O)C(CO)O[C@H]1OCCCCC(=O)CCCCN. The summed E-state index contributed by atoms with van der Waals surface area (Å²) in [6.45, 7) is 12.5. The average Bonchev–Trinajstić information content (AvgIpc) is 0.824. The molecule has 0 aliphatic carbocycles. The number of rotatable bonds is 52. The van der Waals surface area contributed by atoms with Crippen LogP contribution in [0.3, 0.4) is 0 Å². The number of nitrogens with one attached hydrogen (secondary N) is 8. The lowest BCUT2D eigenvalue weighted by atomic mass is 9.97. The minimum absolute atomic E-state index is 0.0311. The highest BCUT2D eigenvalue weighted by Gasteiger charge is 2.48. The highest BCUT2D eigenvalue weighted by atomic mass is 16.7. The molecule has 3 fully saturated rings. The van der Waals surface area contributed by atoms with Crippen LogP contribution >= 0.6 is 0 Å². The minimum Gasteiger partial charge on any atom is -0.394 e. The molecule has 0 bridgehead atoms. The second-order valence-electron chi connectivity index (χ2n) is 26.9. The number of ketones is 2. The van der Waals surface area contributed by atoms with Crippen LogP contribution in [0.25, 0.3) is 0 Å². The van der Waals surface area contributed by atoms with Crippen molar-refractivity contribution in [1.82, 2.24) is 42.5 Å². The van der Waals surface area contributed by atoms with Crippen molar-refractivity contribution in [2.75, 3.05) is 112 Å². The zero-order valence-electron chi connectivity index (χ0n) is 61.2. The quantitative estimate of drug-likeness (QED) is 0.0254. The van der Waals surface area contributed by atoms with E-state index in [1.807, 2.05) is 20.8 Å². The molecule has 36 nitrogen and oxygen atoms in total. The molecule has 3 aliphatic rings. The van der Waals surface area contributed by atoms with E-state index in [1.54, 1.807) is 0 Å². The van der Waals surface area contributed by atoms with Crippen molar-refractivity contribution in [3.8, 4) is 0 Å². The Balaban J connectivity index is 0.00000116. The molecule has 598 valence electrons. The molecule has 0 radical (unpaired) electrons. The lowest BCUT2D eigenvalue weighted by molar-refractivity contribution is -0.270. The van der Waals surface area contributed by atoms with Gasteiger partial charge in [0.15, 0.2) is 18.9 Å². The van der Waals surface area contributed by atoms with Gasteiger partial charge in [-0.1, -0.05) is 0 Å². The topological polar surface area (TPSA) is 541 Å². The first-order valence-corrected chi connectivity index (χ1v) is 35.8. The maximum atomic E-state index is 12.7. The highest BCUT2D eigenvalue weighted by molar-refractivity contribution is 5.79. The molecule has 3 heterocycles. The number of hydrogen-bond acceptors (Lipinski definition) is 29. The standard InChI is InChI=1S/C50H91N7O20.C17H32N2O7/c1-32(60)15-24-71-29-50(57-49(4,5)6,30-72-25-16-39(65)53-20-11-18-51-37(63)13-7-9-22-74-47-41(55-33(2)61)45(69)43(67)35(27-58)76-47)31-73-26-17-40(66)54-21-12-19-52-38(64)14-8-10-23-75-48-42(56-34(3)62)46(70)44(68)36(28-59)77-48;1-11(21)19-14-16(24)15(23)13(10-20)26-17(14)25-9-5-3-7-12(22)6-2-4-8-18/h35-36,41-48,57-59,67-70H,7-31H2,1-6H3,(H,51,63)(H,52,64)(H,53,65)(H,54,66)(H,55,61)(H,56,62);13-17,20,23-24H,2-10,18H2,1H3,(H,19,21)/t35?,36?,41-,42-,43+,44+,45?,46?,47+,48+,50?;13?,14-,15+,16?,17+/m00/s1. The number of ether oxygens (including phenoxy) is 9. The first kappa shape index (κ1) is 93.9. The summed E-state index contributed by atoms with van der Waals surface area (Å²) in [6.07, 6.45) is -7.27. The summed E-state index contributed by atoms with van der Waals surface area (Å²) in [5.41, 5.74) is 4.02. The third-order valence-electron chi connectivity index (χ3n) is 16.3. The van der Waals surface area contributed by atoms with E-state index in [0.717, 1.165) is 12.8 Å². The summed E-state index contributed by atoms with van der Waals surface area (Å²) in [7, 11) is 0. The van der Waals surface area contributed by atoms with Gasteiger partial charge in [-0.05, 0) is 98.4 Å². The van der Waals surface area contributed by atoms with E-state index in [-0.39, 0.29) is 127 Å². The van der Waals surface area contributed by atoms with Crippen LogP contribution in [0.15, 0.2) is 0 Å². The molecule has 3 rings (SSSR count). The Kier molecular flexibility index (Phi) is 48.1. The first-order valence-electron chi connectivity index (χ1n) is 35.8. The fourth-order valence-electron chi connectivity index (χ4n) is 11.0. The van der Waals surface area contributed by atoms with Crippen LogP contribution in [0.5, 0.6) is 0 Å². The van der Waals surface area contributed by atoms with Gasteiger partial charge >= 0.3 is 0 Å². The molecular weight excluding hydrogens is 1360 g/mol. The molecule has 0 aromatic rings. The maximum absolute atomic E-state index is 12.7. The Morgan fingerprint density at radius 2 is 0.689 bits per heavy atom. The normalized spacial score (nSPS) is 25.4. The number of nitrogens with two attached hydrogens (primary N) is 1. The van der Waals surface area contributed by atoms with E-state index in [0.29, 0.717) is 96.9 Å². The number of Topliss-reactive ketones (excluding diaryl/α,β-unsaturated/α-hetero) is 2. The zero-order chi connectivity index (χ0) is 76.9. The Labute approximate surface area is 603 Å². The summed E-state index contributed by atoms with van der Waals surface area (Å²) in [5, 5.41) is 112. The molecule has 0 spiro atoms. The predicted molar refractivity (Wildman–Crippen MR) is 367 cm³/mol. The van der Waals surface area contributed by atoms with Crippen molar-refractivity contribution >= 4 is 52.9 Å². The van der Waals surface area contributed by atoms with Gasteiger partial charge in [0.2, 0.25) is 41.4 Å². The van der Waals surface area contributed by atoms with Crippen molar-refractivity contribution in [2.24, 2.45) is 5.73 Å². The number of carbonyl (C=O) groups excluding carboxylic acids is 9. The molecule has 0 aromatic carbocycles. The summed E-state index contributed by atoms with van der Waals surface area (Å²) in [6, 6.07) is -3.04. The van der Waals surface area contributed by atoms with Crippen molar-refractivity contribution < 1.29 is 132 Å². The third-order valence-corrected chi connectivity index (χ3v) is 16.3. The van der Waals surface area contributed by atoms with Crippen molar-refractivity contribution in [3.05, 3.63) is 0 Å². The molecule has 36 heteroatoms. The maximum Gasteiger partial charge on any atom is 0.222 e. The lowest BCUT2D eigenvalue weighted by Crippen LogP contribution is -2.64. The fourth-order valence-corrected chi connectivity index (χ4v) is 11.0. The van der Waals surface area contributed by atoms with Crippen LogP contribution in [-0.4, -0.2) is 314 Å². The molecule has 7 amide bonds. The van der Waals surface area contributed by atoms with E-state index in [2.05, 4.69) is 42.5 Å². The van der Waals surface area contributed by atoms with Gasteiger partial charge in [0.1, 0.15) is 84.6 Å². The predicted octanol–water partition coefficient (Wildman–Crippen LogP) is -4.76. The molecule has 3 aliphatic heterocycles. The van der Waals surface area contributed by atoms with Crippen LogP contribution in [0.2, 0.25) is 0 Å². The lowest BCUT2D eigenvalue weighted by Gasteiger charge is -2.42. The molecule has 0 aromatic heterocycles. The van der Waals surface area contributed by atoms with Crippen LogP contribution < -0.4 is 48.3 Å². The minimum atomic E-state index is -1.42. The molecule has 6 unspecified atom stereocenters. The van der Waals surface area contributed by atoms with Gasteiger partial charge in [0, 0.05) is 117 Å². The Bertz CT molecular complexity index is 2350. The molecule has 19 N–H and O–H groups in total. The molecule has 15 atom stereocenters. The molecular formula is C67H123N9O27. The van der Waals surface area contributed by atoms with Crippen molar-refractivity contribution in [1.29, 1.82) is 0 Å². The van der Waals surface area contributed by atoms with Crippen LogP contribution in [-0.2, 0) is 85.8 Å². The number of aliphatic hydroxyl groups is 9. The van der Waals surface area contributed by atoms with Gasteiger partial charge in [-0.25, -0.2) is 0 Å². The summed E-state index contributed by atoms with van der Waals surface area (Å²) >= 11 is 0. The molecule has 103 heavy (non-hydrogen) atoms. The molecule has 0 saturated carbocycles. The van der Waals surface area contributed by atoms with Crippen LogP contribution in [0, 0.1) is 0 Å². The summed E-state index contributed by atoms with van der Waals surface area (Å²) < 4.78 is 51.4. The number of hydrogen-bond donors (Lipinski definition) is 18.